The van der Waals surface area contributed by atoms with Crippen LogP contribution in [0.2, 0.25) is 0 Å². The van der Waals surface area contributed by atoms with Crippen LogP contribution in [0.4, 0.5) is 14.6 Å². The van der Waals surface area contributed by atoms with E-state index in [2.05, 4.69) is 10.1 Å². The summed E-state index contributed by atoms with van der Waals surface area (Å²) >= 11 is 0. The second-order valence-corrected chi connectivity index (χ2v) is 7.46. The lowest BCUT2D eigenvalue weighted by molar-refractivity contribution is -0.144. The maximum Gasteiger partial charge on any atom is 0.324 e. The Hall–Kier alpha value is -3.62. The highest BCUT2D eigenvalue weighted by molar-refractivity contribution is 6.14. The fourth-order valence-electron chi connectivity index (χ4n) is 3.90. The Morgan fingerprint density at radius 1 is 1.28 bits per heavy atom. The Bertz CT molecular complexity index is 1200. The van der Waals surface area contributed by atoms with Crippen LogP contribution in [-0.4, -0.2) is 41.6 Å². The number of ether oxygens (including phenoxy) is 2. The van der Waals surface area contributed by atoms with Crippen molar-refractivity contribution in [2.24, 2.45) is 10.9 Å². The number of benzene rings is 1. The van der Waals surface area contributed by atoms with Crippen molar-refractivity contribution in [1.29, 1.82) is 0 Å². The fraction of sp³-hybridized carbons (Fsp3) is 0.304. The highest BCUT2D eigenvalue weighted by Crippen LogP contribution is 2.41. The smallest absolute Gasteiger partial charge is 0.324 e. The monoisotopic (exact) mass is 441 g/mol. The van der Waals surface area contributed by atoms with Crippen molar-refractivity contribution in [2.45, 2.75) is 26.2 Å². The number of carbonyl (C=O) groups excluding carboxylic acids is 2. The number of methoxy groups -OCH3 is 1. The molecule has 2 aliphatic rings. The van der Waals surface area contributed by atoms with E-state index in [1.165, 1.54) is 25.5 Å². The zero-order valence-electron chi connectivity index (χ0n) is 17.8. The molecule has 0 radical (unpaired) electrons. The summed E-state index contributed by atoms with van der Waals surface area (Å²) in [4.78, 5) is 29.0. The number of hydrogen-bond acceptors (Lipinski definition) is 6. The fourth-order valence-corrected chi connectivity index (χ4v) is 3.90. The number of fused-ring (bicyclic) bond motifs is 1. The minimum Gasteiger partial charge on any atom is -0.501 e. The standard InChI is InChI=1S/C23H21F2N3O4/c1-4-32-23(30)18-11-26-21-10-20(27-28(21)22(18)29)17-9-14(31-3)8-16(12(17)2)15-6-5-13(24)7-19(15)25/h5-7,9-11,17-18H,4,8H2,1-3H3. The Morgan fingerprint density at radius 3 is 2.75 bits per heavy atom. The predicted octanol–water partition coefficient (Wildman–Crippen LogP) is 4.19. The quantitative estimate of drug-likeness (QED) is 0.513. The van der Waals surface area contributed by atoms with Gasteiger partial charge >= 0.3 is 5.97 Å². The number of nitrogens with zero attached hydrogens (tertiary/aromatic N) is 3. The van der Waals surface area contributed by atoms with E-state index in [0.29, 0.717) is 23.4 Å². The summed E-state index contributed by atoms with van der Waals surface area (Å²) in [5, 5.41) is 4.39. The van der Waals surface area contributed by atoms with Crippen molar-refractivity contribution >= 4 is 29.5 Å². The SMILES string of the molecule is CCOC(=O)C1C=Nc2cc(C3C=C(OC)CC(c4ccc(F)cc4F)=C3C)nn2C1=O. The van der Waals surface area contributed by atoms with Crippen LogP contribution in [0.15, 0.2) is 46.7 Å². The first-order chi connectivity index (χ1) is 15.3. The third kappa shape index (κ3) is 3.74. The van der Waals surface area contributed by atoms with Crippen LogP contribution in [0.25, 0.3) is 5.57 Å². The number of aromatic nitrogens is 2. The van der Waals surface area contributed by atoms with Crippen molar-refractivity contribution in [1.82, 2.24) is 9.78 Å². The Morgan fingerprint density at radius 2 is 2.06 bits per heavy atom. The molecule has 0 fully saturated rings. The average molecular weight is 441 g/mol. The molecule has 4 rings (SSSR count). The molecule has 1 aliphatic heterocycles. The van der Waals surface area contributed by atoms with Crippen molar-refractivity contribution < 1.29 is 27.8 Å². The minimum atomic E-state index is -1.16. The van der Waals surface area contributed by atoms with Gasteiger partial charge < -0.3 is 9.47 Å². The molecule has 9 heteroatoms. The lowest BCUT2D eigenvalue weighted by Crippen LogP contribution is -2.34. The molecule has 0 bridgehead atoms. The molecule has 0 spiro atoms. The van der Waals surface area contributed by atoms with Crippen LogP contribution in [0.3, 0.4) is 0 Å². The lowest BCUT2D eigenvalue weighted by atomic mass is 9.82. The third-order valence-electron chi connectivity index (χ3n) is 5.56. The van der Waals surface area contributed by atoms with Crippen LogP contribution < -0.4 is 0 Å². The second kappa shape index (κ2) is 8.49. The molecule has 1 aliphatic carbocycles. The number of allylic oxidation sites excluding steroid dienone is 3. The van der Waals surface area contributed by atoms with E-state index in [1.807, 2.05) is 13.0 Å². The van der Waals surface area contributed by atoms with E-state index in [1.54, 1.807) is 13.0 Å². The van der Waals surface area contributed by atoms with E-state index in [4.69, 9.17) is 9.47 Å². The van der Waals surface area contributed by atoms with Crippen LogP contribution >= 0.6 is 0 Å². The summed E-state index contributed by atoms with van der Waals surface area (Å²) in [7, 11) is 1.51. The molecule has 2 unspecified atom stereocenters. The van der Waals surface area contributed by atoms with Gasteiger partial charge in [0, 0.05) is 36.2 Å². The first-order valence-corrected chi connectivity index (χ1v) is 10.1. The zero-order chi connectivity index (χ0) is 23.0. The summed E-state index contributed by atoms with van der Waals surface area (Å²) in [6.45, 7) is 3.63. The second-order valence-electron chi connectivity index (χ2n) is 7.46. The Kier molecular flexibility index (Phi) is 5.73. The van der Waals surface area contributed by atoms with Gasteiger partial charge in [-0.25, -0.2) is 13.8 Å². The zero-order valence-corrected chi connectivity index (χ0v) is 17.8. The molecule has 7 nitrogen and oxygen atoms in total. The summed E-state index contributed by atoms with van der Waals surface area (Å²) in [5.74, 6) is -3.29. The van der Waals surface area contributed by atoms with E-state index >= 15 is 0 Å². The third-order valence-corrected chi connectivity index (χ3v) is 5.56. The number of esters is 1. The number of rotatable bonds is 5. The highest BCUT2D eigenvalue weighted by Gasteiger charge is 2.35. The Balaban J connectivity index is 1.74. The number of carbonyl (C=O) groups is 2. The van der Waals surface area contributed by atoms with E-state index in [9.17, 15) is 18.4 Å². The van der Waals surface area contributed by atoms with E-state index < -0.39 is 35.3 Å². The van der Waals surface area contributed by atoms with Gasteiger partial charge in [0.05, 0.1) is 25.2 Å². The predicted molar refractivity (Wildman–Crippen MR) is 113 cm³/mol. The first kappa shape index (κ1) is 21.6. The molecule has 0 saturated carbocycles. The van der Waals surface area contributed by atoms with Crippen molar-refractivity contribution in [3.8, 4) is 0 Å². The summed E-state index contributed by atoms with van der Waals surface area (Å²) in [6, 6.07) is 5.08. The van der Waals surface area contributed by atoms with Gasteiger partial charge in [-0.05, 0) is 37.6 Å². The lowest BCUT2D eigenvalue weighted by Gasteiger charge is -2.25. The maximum atomic E-state index is 14.5. The minimum absolute atomic E-state index is 0.146. The summed E-state index contributed by atoms with van der Waals surface area (Å²) < 4.78 is 39.4. The van der Waals surface area contributed by atoms with Crippen LogP contribution in [0, 0.1) is 17.6 Å². The molecule has 2 atom stereocenters. The van der Waals surface area contributed by atoms with Gasteiger partial charge in [0.2, 0.25) is 0 Å². The normalized spacial score (nSPS) is 20.2. The Labute approximate surface area is 183 Å². The van der Waals surface area contributed by atoms with E-state index in [-0.39, 0.29) is 18.0 Å². The van der Waals surface area contributed by atoms with Gasteiger partial charge in [0.15, 0.2) is 11.7 Å². The van der Waals surface area contributed by atoms with Gasteiger partial charge in [-0.1, -0.05) is 5.57 Å². The molecule has 166 valence electrons. The molecular formula is C23H21F2N3O4. The van der Waals surface area contributed by atoms with Gasteiger partial charge in [-0.3, -0.25) is 9.59 Å². The highest BCUT2D eigenvalue weighted by atomic mass is 19.1. The van der Waals surface area contributed by atoms with Crippen molar-refractivity contribution in [2.75, 3.05) is 13.7 Å². The molecule has 0 amide bonds. The topological polar surface area (TPSA) is 82.8 Å². The number of halogens is 2. The molecule has 2 heterocycles. The van der Waals surface area contributed by atoms with Crippen LogP contribution in [0.1, 0.15) is 42.2 Å². The largest absolute Gasteiger partial charge is 0.501 e. The van der Waals surface area contributed by atoms with Crippen molar-refractivity contribution in [3.63, 3.8) is 0 Å². The van der Waals surface area contributed by atoms with Gasteiger partial charge in [0.1, 0.15) is 11.6 Å². The molecule has 0 N–H and O–H groups in total. The van der Waals surface area contributed by atoms with Gasteiger partial charge in [-0.2, -0.15) is 9.78 Å². The number of hydrogen-bond donors (Lipinski definition) is 0. The molecule has 0 saturated heterocycles. The van der Waals surface area contributed by atoms with Gasteiger partial charge in [-0.15, -0.1) is 0 Å². The van der Waals surface area contributed by atoms with Crippen molar-refractivity contribution in [3.05, 3.63) is 64.6 Å². The van der Waals surface area contributed by atoms with E-state index in [0.717, 1.165) is 16.3 Å². The maximum absolute atomic E-state index is 14.5. The van der Waals surface area contributed by atoms with Crippen LogP contribution in [0.5, 0.6) is 0 Å². The number of aliphatic imine (C=N–C) groups is 1. The summed E-state index contributed by atoms with van der Waals surface area (Å²) in [6.07, 6.45) is 3.42. The molecule has 2 aromatic rings. The first-order valence-electron chi connectivity index (χ1n) is 10.1. The molecule has 1 aromatic carbocycles. The molecular weight excluding hydrogens is 420 g/mol. The summed E-state index contributed by atoms with van der Waals surface area (Å²) in [5.41, 5.74) is 2.20. The molecule has 1 aromatic heterocycles. The van der Waals surface area contributed by atoms with Gasteiger partial charge in [0.25, 0.3) is 5.91 Å². The van der Waals surface area contributed by atoms with Crippen LogP contribution in [-0.2, 0) is 14.3 Å². The molecule has 32 heavy (non-hydrogen) atoms. The average Bonchev–Trinajstić information content (AvgIpc) is 3.20.